The molecule has 1 N–H and O–H groups in total. The van der Waals surface area contributed by atoms with Gasteiger partial charge < -0.3 is 14.7 Å². The number of hydrogen-bond donors (Lipinski definition) is 1. The van der Waals surface area contributed by atoms with Crippen LogP contribution in [0.4, 0.5) is 0 Å². The van der Waals surface area contributed by atoms with Crippen molar-refractivity contribution in [2.45, 2.75) is 38.9 Å². The number of aliphatic hydroxyl groups excluding tert-OH is 1. The quantitative estimate of drug-likeness (QED) is 0.525. The summed E-state index contributed by atoms with van der Waals surface area (Å²) in [5.74, 6) is 0. The van der Waals surface area contributed by atoms with Gasteiger partial charge in [-0.05, 0) is 61.3 Å². The maximum atomic E-state index is 10.5. The highest BCUT2D eigenvalue weighted by atomic mass is 35.5. The molecule has 3 nitrogen and oxygen atoms in total. The number of ether oxygens (including phenoxy) is 1. The minimum Gasteiger partial charge on any atom is -0.389 e. The summed E-state index contributed by atoms with van der Waals surface area (Å²) in [5, 5.41) is 11.9. The van der Waals surface area contributed by atoms with Gasteiger partial charge in [0.15, 0.2) is 0 Å². The van der Waals surface area contributed by atoms with Gasteiger partial charge >= 0.3 is 0 Å². The number of hydrogen-bond acceptors (Lipinski definition) is 3. The van der Waals surface area contributed by atoms with Crippen molar-refractivity contribution < 1.29 is 9.84 Å². The SMILES string of the molecule is CCCN(CCC)CC(O)COC(c1ccc(Cl)cc1)c1ccc(Cl)cc1. The fourth-order valence-electron chi connectivity index (χ4n) is 3.14. The third-order valence-electron chi connectivity index (χ3n) is 4.35. The standard InChI is InChI=1S/C22H29Cl2NO2/c1-3-13-25(14-4-2)15-21(26)16-27-22(17-5-9-19(23)10-6-17)18-7-11-20(24)12-8-18/h5-12,21-22,26H,3-4,13-16H2,1-2H3. The number of nitrogens with zero attached hydrogens (tertiary/aromatic N) is 1. The van der Waals surface area contributed by atoms with E-state index in [1.165, 1.54) is 0 Å². The molecule has 0 aliphatic heterocycles. The van der Waals surface area contributed by atoms with E-state index in [1.54, 1.807) is 0 Å². The Morgan fingerprint density at radius 2 is 1.30 bits per heavy atom. The molecule has 0 aliphatic rings. The van der Waals surface area contributed by atoms with Gasteiger partial charge in [0, 0.05) is 16.6 Å². The first-order valence-corrected chi connectivity index (χ1v) is 10.3. The number of halogens is 2. The number of aliphatic hydroxyl groups is 1. The molecule has 2 aromatic carbocycles. The monoisotopic (exact) mass is 409 g/mol. The largest absolute Gasteiger partial charge is 0.389 e. The maximum absolute atomic E-state index is 10.5. The predicted octanol–water partition coefficient (Wildman–Crippen LogP) is 5.58. The number of benzene rings is 2. The van der Waals surface area contributed by atoms with Crippen molar-refractivity contribution in [1.29, 1.82) is 0 Å². The van der Waals surface area contributed by atoms with Gasteiger partial charge in [-0.1, -0.05) is 61.3 Å². The molecule has 0 bridgehead atoms. The maximum Gasteiger partial charge on any atom is 0.108 e. The van der Waals surface area contributed by atoms with Crippen LogP contribution in [0.3, 0.4) is 0 Å². The lowest BCUT2D eigenvalue weighted by Crippen LogP contribution is -2.36. The van der Waals surface area contributed by atoms with E-state index in [-0.39, 0.29) is 12.7 Å². The van der Waals surface area contributed by atoms with Crippen molar-refractivity contribution in [1.82, 2.24) is 4.90 Å². The summed E-state index contributed by atoms with van der Waals surface area (Å²) < 4.78 is 6.15. The van der Waals surface area contributed by atoms with Crippen molar-refractivity contribution in [3.8, 4) is 0 Å². The zero-order chi connectivity index (χ0) is 19.6. The second-order valence-corrected chi connectivity index (χ2v) is 7.64. The Bertz CT molecular complexity index is 610. The van der Waals surface area contributed by atoms with Gasteiger partial charge in [0.1, 0.15) is 6.10 Å². The van der Waals surface area contributed by atoms with E-state index < -0.39 is 6.10 Å². The lowest BCUT2D eigenvalue weighted by atomic mass is 10.0. The molecule has 0 aromatic heterocycles. The second kappa shape index (κ2) is 11.7. The van der Waals surface area contributed by atoms with Crippen LogP contribution in [0.15, 0.2) is 48.5 Å². The summed E-state index contributed by atoms with van der Waals surface area (Å²) in [6.07, 6.45) is 1.34. The minimum atomic E-state index is -0.537. The van der Waals surface area contributed by atoms with Crippen molar-refractivity contribution in [2.24, 2.45) is 0 Å². The first-order chi connectivity index (χ1) is 13.0. The average Bonchev–Trinajstić information content (AvgIpc) is 2.65. The Hall–Kier alpha value is -1.10. The minimum absolute atomic E-state index is 0.264. The molecule has 0 fully saturated rings. The van der Waals surface area contributed by atoms with Crippen LogP contribution in [0.2, 0.25) is 10.0 Å². The fourth-order valence-corrected chi connectivity index (χ4v) is 3.40. The third kappa shape index (κ3) is 7.44. The second-order valence-electron chi connectivity index (χ2n) is 6.77. The summed E-state index contributed by atoms with van der Waals surface area (Å²) in [6, 6.07) is 15.2. The highest BCUT2D eigenvalue weighted by Crippen LogP contribution is 2.28. The zero-order valence-corrected chi connectivity index (χ0v) is 17.6. The van der Waals surface area contributed by atoms with E-state index in [0.717, 1.165) is 37.1 Å². The van der Waals surface area contributed by atoms with E-state index in [9.17, 15) is 5.11 Å². The normalized spacial score (nSPS) is 12.7. The van der Waals surface area contributed by atoms with Gasteiger partial charge in [-0.3, -0.25) is 0 Å². The van der Waals surface area contributed by atoms with Crippen LogP contribution < -0.4 is 0 Å². The summed E-state index contributed by atoms with van der Waals surface area (Å²) in [6.45, 7) is 7.17. The molecule has 1 unspecified atom stereocenters. The van der Waals surface area contributed by atoms with Crippen molar-refractivity contribution in [3.05, 3.63) is 69.7 Å². The topological polar surface area (TPSA) is 32.7 Å². The van der Waals surface area contributed by atoms with Gasteiger partial charge in [-0.2, -0.15) is 0 Å². The summed E-state index contributed by atoms with van der Waals surface area (Å²) in [5.41, 5.74) is 1.99. The van der Waals surface area contributed by atoms with Crippen molar-refractivity contribution in [3.63, 3.8) is 0 Å². The van der Waals surface area contributed by atoms with E-state index in [4.69, 9.17) is 27.9 Å². The molecule has 0 heterocycles. The average molecular weight is 410 g/mol. The van der Waals surface area contributed by atoms with Crippen LogP contribution in [0.25, 0.3) is 0 Å². The van der Waals surface area contributed by atoms with Crippen LogP contribution in [-0.4, -0.2) is 42.4 Å². The lowest BCUT2D eigenvalue weighted by Gasteiger charge is -2.26. The summed E-state index contributed by atoms with van der Waals surface area (Å²) >= 11 is 12.0. The molecule has 0 saturated heterocycles. The highest BCUT2D eigenvalue weighted by molar-refractivity contribution is 6.30. The molecule has 27 heavy (non-hydrogen) atoms. The van der Waals surface area contributed by atoms with E-state index in [2.05, 4.69) is 18.7 Å². The van der Waals surface area contributed by atoms with Gasteiger partial charge in [-0.25, -0.2) is 0 Å². The van der Waals surface area contributed by atoms with E-state index in [1.807, 2.05) is 48.5 Å². The molecule has 2 rings (SSSR count). The van der Waals surface area contributed by atoms with Gasteiger partial charge in [0.25, 0.3) is 0 Å². The molecule has 0 radical (unpaired) electrons. The predicted molar refractivity (Wildman–Crippen MR) is 114 cm³/mol. The Kier molecular flexibility index (Phi) is 9.60. The molecule has 2 aromatic rings. The van der Waals surface area contributed by atoms with Crippen LogP contribution >= 0.6 is 23.2 Å². The Morgan fingerprint density at radius 3 is 1.70 bits per heavy atom. The van der Waals surface area contributed by atoms with Crippen LogP contribution in [0.1, 0.15) is 43.9 Å². The smallest absolute Gasteiger partial charge is 0.108 e. The summed E-state index contributed by atoms with van der Waals surface area (Å²) in [7, 11) is 0. The number of rotatable bonds is 11. The molecule has 0 amide bonds. The molecule has 5 heteroatoms. The van der Waals surface area contributed by atoms with Crippen LogP contribution in [-0.2, 0) is 4.74 Å². The summed E-state index contributed by atoms with van der Waals surface area (Å²) in [4.78, 5) is 2.29. The Labute approximate surface area is 172 Å². The van der Waals surface area contributed by atoms with Gasteiger partial charge in [-0.15, -0.1) is 0 Å². The third-order valence-corrected chi connectivity index (χ3v) is 4.85. The Morgan fingerprint density at radius 1 is 0.852 bits per heavy atom. The van der Waals surface area contributed by atoms with Crippen molar-refractivity contribution in [2.75, 3.05) is 26.2 Å². The Balaban J connectivity index is 2.07. The lowest BCUT2D eigenvalue weighted by molar-refractivity contribution is -0.00837. The van der Waals surface area contributed by atoms with Crippen LogP contribution in [0.5, 0.6) is 0 Å². The highest BCUT2D eigenvalue weighted by Gasteiger charge is 2.18. The molecule has 0 saturated carbocycles. The van der Waals surface area contributed by atoms with E-state index >= 15 is 0 Å². The van der Waals surface area contributed by atoms with Crippen molar-refractivity contribution >= 4 is 23.2 Å². The van der Waals surface area contributed by atoms with Gasteiger partial charge in [0.2, 0.25) is 0 Å². The van der Waals surface area contributed by atoms with E-state index in [0.29, 0.717) is 16.6 Å². The first kappa shape index (κ1) is 22.2. The molecule has 0 spiro atoms. The molecule has 0 aliphatic carbocycles. The molecule has 1 atom stereocenters. The fraction of sp³-hybridized carbons (Fsp3) is 0.455. The van der Waals surface area contributed by atoms with Gasteiger partial charge in [0.05, 0.1) is 12.7 Å². The zero-order valence-electron chi connectivity index (χ0n) is 16.1. The van der Waals surface area contributed by atoms with Crippen LogP contribution in [0, 0.1) is 0 Å². The first-order valence-electron chi connectivity index (χ1n) is 9.56. The molecule has 148 valence electrons. The molecular weight excluding hydrogens is 381 g/mol. The molecular formula is C22H29Cl2NO2.